The van der Waals surface area contributed by atoms with Crippen molar-refractivity contribution < 1.29 is 36.6 Å². The number of carbonyl (C=O) groups excluding carboxylic acids is 3. The number of hydrogen-bond donors (Lipinski definition) is 3. The molecule has 0 saturated heterocycles. The summed E-state index contributed by atoms with van der Waals surface area (Å²) in [5.41, 5.74) is 0.650. The van der Waals surface area contributed by atoms with Gasteiger partial charge in [0.25, 0.3) is 5.91 Å². The van der Waals surface area contributed by atoms with Gasteiger partial charge in [0, 0.05) is 0 Å². The van der Waals surface area contributed by atoms with Crippen LogP contribution in [0.4, 0.5) is 23.2 Å². The fourth-order valence-electron chi connectivity index (χ4n) is 4.83. The first-order valence-electron chi connectivity index (χ1n) is 12.4. The first-order valence-corrected chi connectivity index (χ1v) is 12.4. The SMILES string of the molecule is Cc1cc(NC(=O)[C@@H](NC(=O)c2nonc2C)C(C2CC2)C2CC2)c(F)cc1C(C)C(=O)NCC(F)(F)F. The Kier molecular flexibility index (Phi) is 7.75. The molecule has 206 valence electrons. The fraction of sp³-hybridized carbons (Fsp3) is 0.560. The third kappa shape index (κ3) is 6.48. The number of benzene rings is 1. The zero-order valence-corrected chi connectivity index (χ0v) is 21.1. The van der Waals surface area contributed by atoms with Crippen LogP contribution < -0.4 is 16.0 Å². The molecule has 4 rings (SSSR count). The molecule has 2 fully saturated rings. The number of alkyl halides is 3. The van der Waals surface area contributed by atoms with Gasteiger partial charge in [0.2, 0.25) is 11.8 Å². The Hall–Kier alpha value is -3.51. The van der Waals surface area contributed by atoms with Crippen molar-refractivity contribution in [3.63, 3.8) is 0 Å². The van der Waals surface area contributed by atoms with Crippen LogP contribution in [0, 0.1) is 37.4 Å². The van der Waals surface area contributed by atoms with Crippen molar-refractivity contribution in [3.8, 4) is 0 Å². The van der Waals surface area contributed by atoms with Gasteiger partial charge in [-0.15, -0.1) is 0 Å². The largest absolute Gasteiger partial charge is 0.405 e. The van der Waals surface area contributed by atoms with Crippen LogP contribution in [0.1, 0.15) is 65.8 Å². The molecule has 1 aromatic carbocycles. The Morgan fingerprint density at radius 3 is 2.21 bits per heavy atom. The van der Waals surface area contributed by atoms with Crippen molar-refractivity contribution in [1.29, 1.82) is 0 Å². The van der Waals surface area contributed by atoms with E-state index in [0.29, 0.717) is 5.56 Å². The highest BCUT2D eigenvalue weighted by molar-refractivity contribution is 6.01. The van der Waals surface area contributed by atoms with Gasteiger partial charge in [-0.3, -0.25) is 14.4 Å². The van der Waals surface area contributed by atoms with Crippen molar-refractivity contribution in [2.45, 2.75) is 64.6 Å². The van der Waals surface area contributed by atoms with Crippen LogP contribution in [0.3, 0.4) is 0 Å². The zero-order valence-electron chi connectivity index (χ0n) is 21.1. The van der Waals surface area contributed by atoms with Crippen molar-refractivity contribution in [2.24, 2.45) is 17.8 Å². The van der Waals surface area contributed by atoms with E-state index in [2.05, 4.69) is 25.6 Å². The van der Waals surface area contributed by atoms with Gasteiger partial charge in [-0.2, -0.15) is 13.2 Å². The number of aryl methyl sites for hydroxylation is 2. The van der Waals surface area contributed by atoms with Crippen LogP contribution in [-0.4, -0.2) is 46.8 Å². The molecular formula is C25H29F4N5O4. The van der Waals surface area contributed by atoms with Gasteiger partial charge in [-0.1, -0.05) is 5.16 Å². The van der Waals surface area contributed by atoms with Crippen LogP contribution in [-0.2, 0) is 9.59 Å². The van der Waals surface area contributed by atoms with Crippen LogP contribution >= 0.6 is 0 Å². The molecule has 3 amide bonds. The molecule has 0 bridgehead atoms. The summed E-state index contributed by atoms with van der Waals surface area (Å²) in [5.74, 6) is -3.64. The van der Waals surface area contributed by atoms with Crippen LogP contribution in [0.5, 0.6) is 0 Å². The van der Waals surface area contributed by atoms with E-state index in [-0.39, 0.29) is 40.4 Å². The average molecular weight is 540 g/mol. The molecule has 1 aromatic heterocycles. The van der Waals surface area contributed by atoms with Crippen molar-refractivity contribution in [1.82, 2.24) is 20.9 Å². The number of carbonyl (C=O) groups is 3. The Labute approximate surface area is 216 Å². The first-order chi connectivity index (χ1) is 17.9. The second-order valence-corrected chi connectivity index (χ2v) is 10.1. The molecule has 1 unspecified atom stereocenters. The molecule has 0 spiro atoms. The van der Waals surface area contributed by atoms with E-state index in [9.17, 15) is 27.6 Å². The predicted molar refractivity (Wildman–Crippen MR) is 126 cm³/mol. The smallest absolute Gasteiger partial charge is 0.346 e. The van der Waals surface area contributed by atoms with Crippen molar-refractivity contribution in [2.75, 3.05) is 11.9 Å². The van der Waals surface area contributed by atoms with Crippen molar-refractivity contribution in [3.05, 3.63) is 40.5 Å². The maximum absolute atomic E-state index is 15.1. The van der Waals surface area contributed by atoms with Gasteiger partial charge in [0.05, 0.1) is 11.6 Å². The first kappa shape index (κ1) is 27.5. The Morgan fingerprint density at radius 1 is 1.05 bits per heavy atom. The lowest BCUT2D eigenvalue weighted by Gasteiger charge is -2.27. The molecule has 2 aliphatic carbocycles. The Morgan fingerprint density at radius 2 is 1.68 bits per heavy atom. The summed E-state index contributed by atoms with van der Waals surface area (Å²) in [6.07, 6.45) is -0.843. The second kappa shape index (κ2) is 10.7. The van der Waals surface area contributed by atoms with E-state index < -0.39 is 48.2 Å². The van der Waals surface area contributed by atoms with Gasteiger partial charge in [0.1, 0.15) is 24.1 Å². The second-order valence-electron chi connectivity index (χ2n) is 10.1. The van der Waals surface area contributed by atoms with E-state index in [0.717, 1.165) is 31.7 Å². The monoisotopic (exact) mass is 539 g/mol. The lowest BCUT2D eigenvalue weighted by Crippen LogP contribution is -2.50. The van der Waals surface area contributed by atoms with Gasteiger partial charge in [-0.05, 0) is 92.6 Å². The molecular weight excluding hydrogens is 510 g/mol. The van der Waals surface area contributed by atoms with E-state index >= 15 is 4.39 Å². The molecule has 13 heteroatoms. The maximum atomic E-state index is 15.1. The summed E-state index contributed by atoms with van der Waals surface area (Å²) in [6, 6.07) is 1.40. The molecule has 0 aliphatic heterocycles. The minimum Gasteiger partial charge on any atom is -0.346 e. The van der Waals surface area contributed by atoms with Gasteiger partial charge < -0.3 is 16.0 Å². The summed E-state index contributed by atoms with van der Waals surface area (Å²) in [5, 5.41) is 14.3. The summed E-state index contributed by atoms with van der Waals surface area (Å²) < 4.78 is 57.1. The van der Waals surface area contributed by atoms with Crippen LogP contribution in [0.15, 0.2) is 16.8 Å². The minimum atomic E-state index is -4.57. The van der Waals surface area contributed by atoms with E-state index in [1.165, 1.54) is 13.0 Å². The van der Waals surface area contributed by atoms with E-state index in [1.807, 2.05) is 0 Å². The molecule has 2 aromatic rings. The molecule has 0 radical (unpaired) electrons. The number of anilines is 1. The van der Waals surface area contributed by atoms with Crippen molar-refractivity contribution >= 4 is 23.4 Å². The molecule has 38 heavy (non-hydrogen) atoms. The van der Waals surface area contributed by atoms with E-state index in [4.69, 9.17) is 0 Å². The molecule has 1 heterocycles. The third-order valence-electron chi connectivity index (χ3n) is 7.09. The van der Waals surface area contributed by atoms with Gasteiger partial charge in [0.15, 0.2) is 5.69 Å². The topological polar surface area (TPSA) is 126 Å². The summed E-state index contributed by atoms with van der Waals surface area (Å²) >= 11 is 0. The summed E-state index contributed by atoms with van der Waals surface area (Å²) in [7, 11) is 0. The van der Waals surface area contributed by atoms with Crippen LogP contribution in [0.2, 0.25) is 0 Å². The van der Waals surface area contributed by atoms with Gasteiger partial charge in [-0.25, -0.2) is 9.02 Å². The quantitative estimate of drug-likeness (QED) is 0.395. The highest BCUT2D eigenvalue weighted by Gasteiger charge is 2.48. The van der Waals surface area contributed by atoms with Crippen LogP contribution in [0.25, 0.3) is 0 Å². The standard InChI is InChI=1S/C25H29F4N5O4/c1-11-8-18(17(26)9-16(11)12(2)22(35)30-10-25(27,28)29)31-24(37)21(19(14-4-5-14)15-6-7-15)32-23(36)20-13(3)33-38-34-20/h8-9,12,14-15,19,21H,4-7,10H2,1-3H3,(H,30,35)(H,31,37)(H,32,36)/t12?,21-/m0/s1. The number of aromatic nitrogens is 2. The highest BCUT2D eigenvalue weighted by atomic mass is 19.4. The number of nitrogens with one attached hydrogen (secondary N) is 3. The number of amides is 3. The number of rotatable bonds is 10. The van der Waals surface area contributed by atoms with Gasteiger partial charge >= 0.3 is 6.18 Å². The normalized spacial score (nSPS) is 17.2. The Bertz CT molecular complexity index is 1210. The maximum Gasteiger partial charge on any atom is 0.405 e. The number of halogens is 4. The molecule has 3 N–H and O–H groups in total. The highest BCUT2D eigenvalue weighted by Crippen LogP contribution is 2.51. The van der Waals surface area contributed by atoms with E-state index in [1.54, 1.807) is 19.2 Å². The number of hydrogen-bond acceptors (Lipinski definition) is 6. The molecule has 2 atom stereocenters. The Balaban J connectivity index is 1.52. The summed E-state index contributed by atoms with van der Waals surface area (Å²) in [6.45, 7) is 2.98. The molecule has 2 aliphatic rings. The third-order valence-corrected chi connectivity index (χ3v) is 7.09. The average Bonchev–Trinajstić information content (AvgIpc) is 3.78. The minimum absolute atomic E-state index is 0.0442. The number of nitrogens with zero attached hydrogens (tertiary/aromatic N) is 2. The summed E-state index contributed by atoms with van der Waals surface area (Å²) in [4.78, 5) is 38.5. The fourth-order valence-corrected chi connectivity index (χ4v) is 4.83. The lowest BCUT2D eigenvalue weighted by molar-refractivity contribution is -0.139. The zero-order chi connectivity index (χ0) is 27.8. The predicted octanol–water partition coefficient (Wildman–Crippen LogP) is 3.78. The molecule has 2 saturated carbocycles. The lowest BCUT2D eigenvalue weighted by atomic mass is 9.88. The molecule has 9 nitrogen and oxygen atoms in total.